The Morgan fingerprint density at radius 2 is 1.79 bits per heavy atom. The predicted octanol–water partition coefficient (Wildman–Crippen LogP) is 6.71. The van der Waals surface area contributed by atoms with Gasteiger partial charge in [-0.15, -0.1) is 0 Å². The molecule has 4 rings (SSSR count). The monoisotopic (exact) mass is 501 g/mol. The van der Waals surface area contributed by atoms with E-state index in [1.165, 1.54) is 0 Å². The molecule has 0 saturated carbocycles. The van der Waals surface area contributed by atoms with Crippen molar-refractivity contribution < 1.29 is 14.3 Å². The molecule has 0 spiro atoms. The molecule has 6 nitrogen and oxygen atoms in total. The van der Waals surface area contributed by atoms with Crippen LogP contribution in [-0.4, -0.2) is 15.7 Å². The van der Waals surface area contributed by atoms with Gasteiger partial charge in [0.25, 0.3) is 5.91 Å². The Kier molecular flexibility index (Phi) is 7.40. The number of hydrogen-bond acceptors (Lipinski definition) is 4. The van der Waals surface area contributed by atoms with E-state index in [1.807, 2.05) is 6.07 Å². The van der Waals surface area contributed by atoms with Crippen LogP contribution in [0.25, 0.3) is 0 Å². The molecule has 0 atom stereocenters. The van der Waals surface area contributed by atoms with Gasteiger partial charge in [-0.3, -0.25) is 4.79 Å². The van der Waals surface area contributed by atoms with Crippen molar-refractivity contribution in [3.63, 3.8) is 0 Å². The predicted molar refractivity (Wildman–Crippen MR) is 129 cm³/mol. The molecule has 0 saturated heterocycles. The summed E-state index contributed by atoms with van der Waals surface area (Å²) in [7, 11) is 0. The molecule has 0 unspecified atom stereocenters. The lowest BCUT2D eigenvalue weighted by Crippen LogP contribution is -2.12. The number of anilines is 1. The van der Waals surface area contributed by atoms with Crippen LogP contribution in [0, 0.1) is 0 Å². The molecule has 0 fully saturated rings. The van der Waals surface area contributed by atoms with Gasteiger partial charge < -0.3 is 14.8 Å². The molecule has 33 heavy (non-hydrogen) atoms. The summed E-state index contributed by atoms with van der Waals surface area (Å²) in [6.07, 6.45) is 3.23. The highest BCUT2D eigenvalue weighted by atomic mass is 35.5. The summed E-state index contributed by atoms with van der Waals surface area (Å²) in [5.74, 6) is 0.834. The number of amides is 1. The highest BCUT2D eigenvalue weighted by Gasteiger charge is 2.10. The standard InChI is InChI=1S/C24H18Cl3N3O3/c25-18-6-2-7-20(11-18)33-15-30-13-19(12-28-30)29-24(31)17-5-1-4-16(10-17)14-32-22-9-3-8-21(26)23(22)27/h1-13H,14-15H2,(H,29,31). The maximum atomic E-state index is 12.7. The number of nitrogens with zero attached hydrogens (tertiary/aromatic N) is 2. The minimum absolute atomic E-state index is 0.176. The zero-order chi connectivity index (χ0) is 23.2. The van der Waals surface area contributed by atoms with Gasteiger partial charge in [0, 0.05) is 10.6 Å². The molecule has 1 aromatic heterocycles. The summed E-state index contributed by atoms with van der Waals surface area (Å²) in [6.45, 7) is 0.412. The van der Waals surface area contributed by atoms with Crippen molar-refractivity contribution >= 4 is 46.4 Å². The number of hydrogen-bond donors (Lipinski definition) is 1. The van der Waals surface area contributed by atoms with Crippen molar-refractivity contribution in [2.24, 2.45) is 0 Å². The summed E-state index contributed by atoms with van der Waals surface area (Å²) in [5.41, 5.74) is 1.84. The molecule has 0 bridgehead atoms. The van der Waals surface area contributed by atoms with Gasteiger partial charge in [-0.2, -0.15) is 5.10 Å². The Bertz CT molecular complexity index is 1280. The van der Waals surface area contributed by atoms with Crippen molar-refractivity contribution in [2.45, 2.75) is 13.3 Å². The van der Waals surface area contributed by atoms with Crippen LogP contribution in [0.15, 0.2) is 79.1 Å². The maximum Gasteiger partial charge on any atom is 0.255 e. The summed E-state index contributed by atoms with van der Waals surface area (Å²) in [5, 5.41) is 8.38. The fourth-order valence-electron chi connectivity index (χ4n) is 2.96. The second-order valence-corrected chi connectivity index (χ2v) is 8.22. The minimum Gasteiger partial charge on any atom is -0.487 e. The molecule has 168 valence electrons. The van der Waals surface area contributed by atoms with Gasteiger partial charge in [0.1, 0.15) is 23.1 Å². The summed E-state index contributed by atoms with van der Waals surface area (Å²) in [4.78, 5) is 12.7. The highest BCUT2D eigenvalue weighted by Crippen LogP contribution is 2.32. The molecule has 0 aliphatic carbocycles. The van der Waals surface area contributed by atoms with E-state index in [9.17, 15) is 4.79 Å². The van der Waals surface area contributed by atoms with Crippen LogP contribution < -0.4 is 14.8 Å². The molecule has 1 N–H and O–H groups in total. The average Bonchev–Trinajstić information content (AvgIpc) is 3.26. The van der Waals surface area contributed by atoms with Crippen LogP contribution >= 0.6 is 34.8 Å². The number of nitrogens with one attached hydrogen (secondary N) is 1. The van der Waals surface area contributed by atoms with Crippen LogP contribution in [0.1, 0.15) is 15.9 Å². The SMILES string of the molecule is O=C(Nc1cnn(COc2cccc(Cl)c2)c1)c1cccc(COc2cccc(Cl)c2Cl)c1. The van der Waals surface area contributed by atoms with E-state index in [0.29, 0.717) is 37.8 Å². The van der Waals surface area contributed by atoms with Gasteiger partial charge in [0.05, 0.1) is 23.1 Å². The van der Waals surface area contributed by atoms with Crippen molar-refractivity contribution in [3.8, 4) is 11.5 Å². The Morgan fingerprint density at radius 3 is 2.64 bits per heavy atom. The summed E-state index contributed by atoms with van der Waals surface area (Å²) < 4.78 is 13.0. The molecule has 0 aliphatic heterocycles. The molecule has 4 aromatic rings. The molecule has 1 heterocycles. The minimum atomic E-state index is -0.270. The first-order chi connectivity index (χ1) is 16.0. The lowest BCUT2D eigenvalue weighted by Gasteiger charge is -2.10. The third-order valence-corrected chi connectivity index (χ3v) is 5.59. The normalized spacial score (nSPS) is 10.6. The van der Waals surface area contributed by atoms with Crippen molar-refractivity contribution in [2.75, 3.05) is 5.32 Å². The van der Waals surface area contributed by atoms with E-state index in [-0.39, 0.29) is 19.2 Å². The molecule has 0 aliphatic rings. The molecule has 0 radical (unpaired) electrons. The first kappa shape index (κ1) is 23.0. The lowest BCUT2D eigenvalue weighted by atomic mass is 10.1. The molecule has 1 amide bonds. The van der Waals surface area contributed by atoms with Gasteiger partial charge in [0.2, 0.25) is 0 Å². The number of carbonyl (C=O) groups is 1. The Labute approximate surface area is 205 Å². The number of carbonyl (C=O) groups excluding carboxylic acids is 1. The van der Waals surface area contributed by atoms with Crippen LogP contribution in [0.3, 0.4) is 0 Å². The van der Waals surface area contributed by atoms with Crippen molar-refractivity contribution in [1.29, 1.82) is 0 Å². The van der Waals surface area contributed by atoms with E-state index in [1.54, 1.807) is 77.7 Å². The van der Waals surface area contributed by atoms with E-state index in [4.69, 9.17) is 44.3 Å². The number of benzene rings is 3. The number of rotatable bonds is 8. The second-order valence-electron chi connectivity index (χ2n) is 6.99. The fraction of sp³-hybridized carbons (Fsp3) is 0.0833. The Hall–Kier alpha value is -3.19. The molecule has 3 aromatic carbocycles. The quantitative estimate of drug-likeness (QED) is 0.291. The molecular formula is C24H18Cl3N3O3. The second kappa shape index (κ2) is 10.6. The van der Waals surface area contributed by atoms with Crippen molar-refractivity contribution in [3.05, 3.63) is 105 Å². The van der Waals surface area contributed by atoms with E-state index >= 15 is 0 Å². The van der Waals surface area contributed by atoms with Gasteiger partial charge in [-0.1, -0.05) is 59.1 Å². The third-order valence-electron chi connectivity index (χ3n) is 4.55. The maximum absolute atomic E-state index is 12.7. The Morgan fingerprint density at radius 1 is 0.970 bits per heavy atom. The first-order valence-corrected chi connectivity index (χ1v) is 11.0. The lowest BCUT2D eigenvalue weighted by molar-refractivity contribution is 0.102. The highest BCUT2D eigenvalue weighted by molar-refractivity contribution is 6.42. The number of aromatic nitrogens is 2. The smallest absolute Gasteiger partial charge is 0.255 e. The summed E-state index contributed by atoms with van der Waals surface area (Å²) >= 11 is 18.1. The zero-order valence-electron chi connectivity index (χ0n) is 17.2. The van der Waals surface area contributed by atoms with E-state index < -0.39 is 0 Å². The van der Waals surface area contributed by atoms with Gasteiger partial charge >= 0.3 is 0 Å². The largest absolute Gasteiger partial charge is 0.487 e. The van der Waals surface area contributed by atoms with E-state index in [0.717, 1.165) is 5.56 Å². The third kappa shape index (κ3) is 6.20. The molecular weight excluding hydrogens is 485 g/mol. The Balaban J connectivity index is 1.34. The van der Waals surface area contributed by atoms with Crippen molar-refractivity contribution in [1.82, 2.24) is 9.78 Å². The van der Waals surface area contributed by atoms with E-state index in [2.05, 4.69) is 10.4 Å². The topological polar surface area (TPSA) is 65.4 Å². The molecule has 9 heteroatoms. The van der Waals surface area contributed by atoms with Crippen LogP contribution in [0.5, 0.6) is 11.5 Å². The number of halogens is 3. The average molecular weight is 503 g/mol. The fourth-order valence-corrected chi connectivity index (χ4v) is 3.49. The van der Waals surface area contributed by atoms with Crippen LogP contribution in [-0.2, 0) is 13.3 Å². The zero-order valence-corrected chi connectivity index (χ0v) is 19.4. The van der Waals surface area contributed by atoms with Crippen LogP contribution in [0.2, 0.25) is 15.1 Å². The first-order valence-electron chi connectivity index (χ1n) is 9.86. The van der Waals surface area contributed by atoms with Gasteiger partial charge in [0.15, 0.2) is 6.73 Å². The van der Waals surface area contributed by atoms with Gasteiger partial charge in [-0.25, -0.2) is 4.68 Å². The van der Waals surface area contributed by atoms with Gasteiger partial charge in [-0.05, 0) is 48.0 Å². The van der Waals surface area contributed by atoms with Crippen LogP contribution in [0.4, 0.5) is 5.69 Å². The number of ether oxygens (including phenoxy) is 2. The summed E-state index contributed by atoms with van der Waals surface area (Å²) in [6, 6.07) is 19.4.